The van der Waals surface area contributed by atoms with Crippen molar-refractivity contribution in [1.82, 2.24) is 19.8 Å². The standard InChI is InChI=1S/C14H26N4/c1-13(2,3)15-7-9-17(11-15)18-10-8-16(12-18)14(4,5)6/h7-10H,11-12H2,1-6H3. The zero-order valence-corrected chi connectivity index (χ0v) is 12.5. The van der Waals surface area contributed by atoms with Gasteiger partial charge < -0.3 is 9.80 Å². The monoisotopic (exact) mass is 250 g/mol. The molecule has 102 valence electrons. The first kappa shape index (κ1) is 13.1. The van der Waals surface area contributed by atoms with Crippen LogP contribution in [0.3, 0.4) is 0 Å². The average Bonchev–Trinajstić information content (AvgIpc) is 2.84. The normalized spacial score (nSPS) is 20.6. The fourth-order valence-electron chi connectivity index (χ4n) is 2.02. The van der Waals surface area contributed by atoms with Crippen LogP contribution in [0.15, 0.2) is 24.8 Å². The molecule has 2 rings (SSSR count). The van der Waals surface area contributed by atoms with Crippen LogP contribution < -0.4 is 0 Å². The molecule has 2 aliphatic rings. The maximum Gasteiger partial charge on any atom is 0.110 e. The third-order valence-electron chi connectivity index (χ3n) is 3.49. The first-order valence-corrected chi connectivity index (χ1v) is 6.61. The highest BCUT2D eigenvalue weighted by Gasteiger charge is 2.29. The predicted molar refractivity (Wildman–Crippen MR) is 74.9 cm³/mol. The lowest BCUT2D eigenvalue weighted by atomic mass is 10.1. The van der Waals surface area contributed by atoms with Crippen LogP contribution in [0.25, 0.3) is 0 Å². The van der Waals surface area contributed by atoms with Crippen molar-refractivity contribution in [1.29, 1.82) is 0 Å². The Labute approximate surface area is 111 Å². The highest BCUT2D eigenvalue weighted by molar-refractivity contribution is 5.01. The Morgan fingerprint density at radius 3 is 1.17 bits per heavy atom. The molecule has 0 fully saturated rings. The zero-order chi connectivity index (χ0) is 13.6. The van der Waals surface area contributed by atoms with Gasteiger partial charge in [0.1, 0.15) is 13.3 Å². The molecule has 4 heteroatoms. The Bertz CT molecular complexity index is 323. The second kappa shape index (κ2) is 4.11. The first-order valence-electron chi connectivity index (χ1n) is 6.61. The van der Waals surface area contributed by atoms with Crippen molar-refractivity contribution >= 4 is 0 Å². The lowest BCUT2D eigenvalue weighted by Gasteiger charge is -2.38. The first-order chi connectivity index (χ1) is 8.18. The molecule has 4 nitrogen and oxygen atoms in total. The van der Waals surface area contributed by atoms with Gasteiger partial charge in [0.2, 0.25) is 0 Å². The molecule has 0 bridgehead atoms. The van der Waals surface area contributed by atoms with Crippen LogP contribution in [0.4, 0.5) is 0 Å². The van der Waals surface area contributed by atoms with Crippen molar-refractivity contribution in [2.75, 3.05) is 13.3 Å². The Hall–Kier alpha value is -1.32. The Balaban J connectivity index is 1.94. The van der Waals surface area contributed by atoms with Gasteiger partial charge >= 0.3 is 0 Å². The molecule has 0 N–H and O–H groups in total. The van der Waals surface area contributed by atoms with Crippen LogP contribution >= 0.6 is 0 Å². The number of hydrogen-bond acceptors (Lipinski definition) is 4. The largest absolute Gasteiger partial charge is 0.352 e. The lowest BCUT2D eigenvalue weighted by molar-refractivity contribution is 0.00324. The van der Waals surface area contributed by atoms with Gasteiger partial charge in [-0.25, -0.2) is 0 Å². The third-order valence-corrected chi connectivity index (χ3v) is 3.49. The Morgan fingerprint density at radius 2 is 0.944 bits per heavy atom. The molecule has 0 aromatic carbocycles. The molecule has 0 saturated heterocycles. The molecule has 0 spiro atoms. The number of rotatable bonds is 1. The molecule has 0 amide bonds. The molecule has 0 aromatic heterocycles. The van der Waals surface area contributed by atoms with Gasteiger partial charge in [0.15, 0.2) is 0 Å². The Kier molecular flexibility index (Phi) is 2.99. The third kappa shape index (κ3) is 2.57. The molecule has 2 aliphatic heterocycles. The summed E-state index contributed by atoms with van der Waals surface area (Å²) in [6, 6.07) is 0. The minimum absolute atomic E-state index is 0.179. The molecular formula is C14H26N4. The molecule has 0 aliphatic carbocycles. The van der Waals surface area contributed by atoms with E-state index in [1.807, 2.05) is 0 Å². The van der Waals surface area contributed by atoms with E-state index in [4.69, 9.17) is 0 Å². The zero-order valence-electron chi connectivity index (χ0n) is 12.5. The van der Waals surface area contributed by atoms with E-state index in [0.717, 1.165) is 13.3 Å². The highest BCUT2D eigenvalue weighted by Crippen LogP contribution is 2.25. The van der Waals surface area contributed by atoms with E-state index in [1.54, 1.807) is 0 Å². The van der Waals surface area contributed by atoms with Crippen LogP contribution in [0, 0.1) is 0 Å². The number of nitrogens with zero attached hydrogens (tertiary/aromatic N) is 4. The summed E-state index contributed by atoms with van der Waals surface area (Å²) in [4.78, 5) is 4.70. The van der Waals surface area contributed by atoms with E-state index in [2.05, 4.69) is 86.2 Å². The summed E-state index contributed by atoms with van der Waals surface area (Å²) < 4.78 is 0. The van der Waals surface area contributed by atoms with E-state index in [0.29, 0.717) is 0 Å². The summed E-state index contributed by atoms with van der Waals surface area (Å²) in [6.45, 7) is 15.3. The molecular weight excluding hydrogens is 224 g/mol. The topological polar surface area (TPSA) is 13.0 Å². The van der Waals surface area contributed by atoms with Crippen molar-refractivity contribution in [2.45, 2.75) is 52.6 Å². The molecule has 2 heterocycles. The minimum Gasteiger partial charge on any atom is -0.352 e. The van der Waals surface area contributed by atoms with Crippen molar-refractivity contribution in [3.63, 3.8) is 0 Å². The molecule has 0 atom stereocenters. The molecule has 0 aromatic rings. The molecule has 0 saturated carbocycles. The van der Waals surface area contributed by atoms with Crippen LogP contribution in [0.5, 0.6) is 0 Å². The Morgan fingerprint density at radius 1 is 0.611 bits per heavy atom. The van der Waals surface area contributed by atoms with Crippen LogP contribution in [0.1, 0.15) is 41.5 Å². The molecule has 18 heavy (non-hydrogen) atoms. The van der Waals surface area contributed by atoms with E-state index < -0.39 is 0 Å². The average molecular weight is 250 g/mol. The van der Waals surface area contributed by atoms with Crippen molar-refractivity contribution in [2.24, 2.45) is 0 Å². The second-order valence-electron chi connectivity index (χ2n) is 7.04. The molecule has 0 unspecified atom stereocenters. The molecule has 0 radical (unpaired) electrons. The minimum atomic E-state index is 0.179. The lowest BCUT2D eigenvalue weighted by Crippen LogP contribution is -2.46. The van der Waals surface area contributed by atoms with E-state index >= 15 is 0 Å². The fourth-order valence-corrected chi connectivity index (χ4v) is 2.02. The van der Waals surface area contributed by atoms with Gasteiger partial charge in [-0.15, -0.1) is 0 Å². The van der Waals surface area contributed by atoms with Gasteiger partial charge in [-0.05, 0) is 41.5 Å². The van der Waals surface area contributed by atoms with Gasteiger partial charge in [-0.3, -0.25) is 10.0 Å². The SMILES string of the molecule is CC(C)(C)N1C=CN(N2C=CN(C(C)(C)C)C2)C1. The van der Waals surface area contributed by atoms with Crippen molar-refractivity contribution < 1.29 is 0 Å². The van der Waals surface area contributed by atoms with E-state index in [9.17, 15) is 0 Å². The van der Waals surface area contributed by atoms with Gasteiger partial charge in [0, 0.05) is 35.9 Å². The van der Waals surface area contributed by atoms with E-state index in [1.165, 1.54) is 0 Å². The smallest absolute Gasteiger partial charge is 0.110 e. The summed E-state index contributed by atoms with van der Waals surface area (Å²) in [5.41, 5.74) is 0.358. The quantitative estimate of drug-likeness (QED) is 0.709. The predicted octanol–water partition coefficient (Wildman–Crippen LogP) is 2.59. The summed E-state index contributed by atoms with van der Waals surface area (Å²) in [5, 5.41) is 4.51. The van der Waals surface area contributed by atoms with Gasteiger partial charge in [0.25, 0.3) is 0 Å². The van der Waals surface area contributed by atoms with Crippen molar-refractivity contribution in [3.05, 3.63) is 24.8 Å². The summed E-state index contributed by atoms with van der Waals surface area (Å²) in [5.74, 6) is 0. The summed E-state index contributed by atoms with van der Waals surface area (Å²) in [7, 11) is 0. The van der Waals surface area contributed by atoms with Crippen molar-refractivity contribution in [3.8, 4) is 0 Å². The van der Waals surface area contributed by atoms with Crippen LogP contribution in [0.2, 0.25) is 0 Å². The number of hydrogen-bond donors (Lipinski definition) is 0. The fraction of sp³-hybridized carbons (Fsp3) is 0.714. The maximum absolute atomic E-state index is 2.35. The summed E-state index contributed by atoms with van der Waals surface area (Å²) in [6.07, 6.45) is 8.66. The summed E-state index contributed by atoms with van der Waals surface area (Å²) >= 11 is 0. The van der Waals surface area contributed by atoms with Gasteiger partial charge in [0.05, 0.1) is 0 Å². The number of hydrazine groups is 1. The maximum atomic E-state index is 2.35. The van der Waals surface area contributed by atoms with E-state index in [-0.39, 0.29) is 11.1 Å². The van der Waals surface area contributed by atoms with Gasteiger partial charge in [-0.1, -0.05) is 0 Å². The highest BCUT2D eigenvalue weighted by atomic mass is 15.7. The van der Waals surface area contributed by atoms with Crippen LogP contribution in [-0.2, 0) is 0 Å². The van der Waals surface area contributed by atoms with Gasteiger partial charge in [-0.2, -0.15) is 0 Å². The van der Waals surface area contributed by atoms with Crippen LogP contribution in [-0.4, -0.2) is 44.2 Å². The second-order valence-corrected chi connectivity index (χ2v) is 7.04.